The fourth-order valence-corrected chi connectivity index (χ4v) is 9.21. The summed E-state index contributed by atoms with van der Waals surface area (Å²) in [6.07, 6.45) is 7.95. The van der Waals surface area contributed by atoms with Crippen molar-refractivity contribution >= 4 is 71.4 Å². The van der Waals surface area contributed by atoms with Crippen molar-refractivity contribution in [2.45, 2.75) is 12.1 Å². The van der Waals surface area contributed by atoms with Crippen LogP contribution in [-0.4, -0.2) is 5.66 Å². The van der Waals surface area contributed by atoms with E-state index in [1.54, 1.807) is 0 Å². The summed E-state index contributed by atoms with van der Waals surface area (Å²) >= 11 is 0. The molecule has 0 aliphatic heterocycles. The van der Waals surface area contributed by atoms with Crippen molar-refractivity contribution in [2.24, 2.45) is 0 Å². The Morgan fingerprint density at radius 2 is 0.633 bits per heavy atom. The molecule has 0 bridgehead atoms. The van der Waals surface area contributed by atoms with Crippen LogP contribution in [0.4, 0.5) is 22.7 Å². The first-order valence-electron chi connectivity index (χ1n) is 20.8. The molecule has 11 rings (SSSR count). The Morgan fingerprint density at radius 1 is 0.300 bits per heavy atom. The minimum atomic E-state index is -0.747. The monoisotopic (exact) mass is 766 g/mol. The van der Waals surface area contributed by atoms with Gasteiger partial charge in [0.25, 0.3) is 0 Å². The highest BCUT2D eigenvalue weighted by Gasteiger charge is 2.44. The molecule has 0 radical (unpaired) electrons. The first-order valence-corrected chi connectivity index (χ1v) is 20.8. The van der Waals surface area contributed by atoms with E-state index in [4.69, 9.17) is 0 Å². The maximum absolute atomic E-state index is 2.58. The van der Waals surface area contributed by atoms with E-state index >= 15 is 0 Å². The summed E-state index contributed by atoms with van der Waals surface area (Å²) in [6.45, 7) is 0. The zero-order valence-electron chi connectivity index (χ0n) is 33.2. The lowest BCUT2D eigenvalue weighted by molar-refractivity contribution is 0.526. The Morgan fingerprint density at radius 3 is 1.00 bits per heavy atom. The fraction of sp³-hybridized carbons (Fsp3) is 0.0345. The first kappa shape index (κ1) is 35.5. The second-order valence-corrected chi connectivity index (χ2v) is 15.8. The molecule has 0 saturated carbocycles. The summed E-state index contributed by atoms with van der Waals surface area (Å²) in [5.41, 5.74) is 8.56. The SMILES string of the molecule is C1=CC(N(c2ccc3ccccc3c2)c2ccc3ccccc3c2)(N(c2ccc3ccccc3c2)c2ccc3ccccc3c2)CC=C1c1ccc(-c2ccccc2)cc1. The summed E-state index contributed by atoms with van der Waals surface area (Å²) < 4.78 is 0. The highest BCUT2D eigenvalue weighted by Crippen LogP contribution is 2.49. The quantitative estimate of drug-likeness (QED) is 0.142. The van der Waals surface area contributed by atoms with Crippen LogP contribution >= 0.6 is 0 Å². The van der Waals surface area contributed by atoms with Gasteiger partial charge in [-0.3, -0.25) is 0 Å². The zero-order valence-corrected chi connectivity index (χ0v) is 33.2. The molecule has 0 N–H and O–H groups in total. The molecule has 60 heavy (non-hydrogen) atoms. The molecule has 1 aliphatic rings. The summed E-state index contributed by atoms with van der Waals surface area (Å²) in [4.78, 5) is 5.16. The van der Waals surface area contributed by atoms with E-state index in [0.29, 0.717) is 6.42 Å². The lowest BCUT2D eigenvalue weighted by Gasteiger charge is -2.52. The summed E-state index contributed by atoms with van der Waals surface area (Å²) in [6, 6.07) is 82.1. The fourth-order valence-electron chi connectivity index (χ4n) is 9.21. The van der Waals surface area contributed by atoms with Gasteiger partial charge >= 0.3 is 0 Å². The number of hydrogen-bond donors (Lipinski definition) is 0. The number of allylic oxidation sites excluding steroid dienone is 2. The Kier molecular flexibility index (Phi) is 8.82. The van der Waals surface area contributed by atoms with Crippen LogP contribution in [0.5, 0.6) is 0 Å². The lowest BCUT2D eigenvalue weighted by atomic mass is 9.87. The summed E-state index contributed by atoms with van der Waals surface area (Å²) in [5.74, 6) is 0. The van der Waals surface area contributed by atoms with E-state index < -0.39 is 5.66 Å². The largest absolute Gasteiger partial charge is 0.314 e. The molecule has 0 atom stereocenters. The van der Waals surface area contributed by atoms with Crippen LogP contribution in [0.25, 0.3) is 59.8 Å². The second kappa shape index (κ2) is 14.9. The van der Waals surface area contributed by atoms with Crippen LogP contribution in [0.15, 0.2) is 243 Å². The molecule has 2 nitrogen and oxygen atoms in total. The van der Waals surface area contributed by atoms with Crippen LogP contribution in [0, 0.1) is 0 Å². The van der Waals surface area contributed by atoms with Crippen molar-refractivity contribution in [1.82, 2.24) is 0 Å². The molecular weight excluding hydrogens is 725 g/mol. The third kappa shape index (κ3) is 6.40. The predicted octanol–water partition coefficient (Wildman–Crippen LogP) is 15.7. The summed E-state index contributed by atoms with van der Waals surface area (Å²) in [5, 5.41) is 9.68. The molecule has 10 aromatic carbocycles. The molecule has 0 amide bonds. The minimum absolute atomic E-state index is 0.693. The van der Waals surface area contributed by atoms with Gasteiger partial charge in [-0.05, 0) is 120 Å². The van der Waals surface area contributed by atoms with Crippen molar-refractivity contribution in [3.05, 3.63) is 248 Å². The number of benzene rings is 10. The standard InChI is InChI=1S/C58H42N2/c1-2-12-42(13-3-1)47-22-24-48(25-23-47)49-34-36-58(37-35-49,59(54-30-26-43-14-4-8-18-50(43)38-54)55-31-27-44-15-5-9-19-51(44)39-55)60(56-32-28-45-16-6-10-20-52(45)40-56)57-33-29-46-17-7-11-21-53(46)41-57/h1-36,38-41H,37H2. The Bertz CT molecular complexity index is 2930. The number of anilines is 4. The van der Waals surface area contributed by atoms with E-state index in [1.807, 2.05) is 0 Å². The lowest BCUT2D eigenvalue weighted by Crippen LogP contribution is -2.57. The van der Waals surface area contributed by atoms with Gasteiger partial charge in [-0.15, -0.1) is 0 Å². The maximum atomic E-state index is 2.58. The molecular formula is C58H42N2. The Balaban J connectivity index is 1.17. The number of fused-ring (bicyclic) bond motifs is 4. The van der Waals surface area contributed by atoms with Gasteiger partial charge in [0.15, 0.2) is 0 Å². The minimum Gasteiger partial charge on any atom is -0.314 e. The normalized spacial score (nSPS) is 13.4. The molecule has 10 aromatic rings. The molecule has 284 valence electrons. The third-order valence-electron chi connectivity index (χ3n) is 12.2. The highest BCUT2D eigenvalue weighted by atomic mass is 15.4. The van der Waals surface area contributed by atoms with Gasteiger partial charge in [0.1, 0.15) is 5.66 Å². The molecule has 0 aromatic heterocycles. The van der Waals surface area contributed by atoms with Crippen LogP contribution in [0.2, 0.25) is 0 Å². The van der Waals surface area contributed by atoms with Crippen molar-refractivity contribution in [2.75, 3.05) is 9.80 Å². The van der Waals surface area contributed by atoms with Crippen LogP contribution in [0.3, 0.4) is 0 Å². The number of nitrogens with zero attached hydrogens (tertiary/aromatic N) is 2. The average Bonchev–Trinajstić information content (AvgIpc) is 3.32. The first-order chi connectivity index (χ1) is 29.7. The van der Waals surface area contributed by atoms with Gasteiger partial charge in [-0.2, -0.15) is 0 Å². The third-order valence-corrected chi connectivity index (χ3v) is 12.2. The smallest absolute Gasteiger partial charge is 0.145 e. The second-order valence-electron chi connectivity index (χ2n) is 15.8. The molecule has 0 heterocycles. The molecule has 0 unspecified atom stereocenters. The topological polar surface area (TPSA) is 6.48 Å². The number of rotatable bonds is 8. The van der Waals surface area contributed by atoms with Gasteiger partial charge in [0.2, 0.25) is 0 Å². The van der Waals surface area contributed by atoms with E-state index in [-0.39, 0.29) is 0 Å². The number of hydrogen-bond acceptors (Lipinski definition) is 2. The van der Waals surface area contributed by atoms with E-state index in [9.17, 15) is 0 Å². The molecule has 0 spiro atoms. The Labute approximate surface area is 351 Å². The van der Waals surface area contributed by atoms with E-state index in [2.05, 4.69) is 252 Å². The van der Waals surface area contributed by atoms with Crippen molar-refractivity contribution in [1.29, 1.82) is 0 Å². The average molecular weight is 767 g/mol. The maximum Gasteiger partial charge on any atom is 0.145 e. The van der Waals surface area contributed by atoms with Crippen molar-refractivity contribution < 1.29 is 0 Å². The van der Waals surface area contributed by atoms with Gasteiger partial charge in [0.05, 0.1) is 0 Å². The highest BCUT2D eigenvalue weighted by molar-refractivity contribution is 5.95. The van der Waals surface area contributed by atoms with Crippen LogP contribution in [0.1, 0.15) is 12.0 Å². The molecule has 0 fully saturated rings. The Hall–Kier alpha value is -7.68. The van der Waals surface area contributed by atoms with Crippen molar-refractivity contribution in [3.63, 3.8) is 0 Å². The van der Waals surface area contributed by atoms with Gasteiger partial charge in [-0.25, -0.2) is 0 Å². The van der Waals surface area contributed by atoms with Gasteiger partial charge in [-0.1, -0.05) is 188 Å². The van der Waals surface area contributed by atoms with Crippen LogP contribution in [-0.2, 0) is 0 Å². The zero-order chi connectivity index (χ0) is 39.9. The van der Waals surface area contributed by atoms with Crippen LogP contribution < -0.4 is 9.80 Å². The summed E-state index contributed by atoms with van der Waals surface area (Å²) in [7, 11) is 0. The van der Waals surface area contributed by atoms with Gasteiger partial charge < -0.3 is 9.80 Å². The molecule has 2 heteroatoms. The molecule has 0 saturated heterocycles. The van der Waals surface area contributed by atoms with E-state index in [1.165, 1.54) is 65.4 Å². The van der Waals surface area contributed by atoms with Gasteiger partial charge in [0, 0.05) is 29.2 Å². The predicted molar refractivity (Wildman–Crippen MR) is 256 cm³/mol. The van der Waals surface area contributed by atoms with E-state index in [0.717, 1.165) is 22.7 Å². The molecule has 1 aliphatic carbocycles. The van der Waals surface area contributed by atoms with Crippen molar-refractivity contribution in [3.8, 4) is 11.1 Å².